The molecule has 1 aliphatic heterocycles. The van der Waals surface area contributed by atoms with E-state index in [4.69, 9.17) is 25.8 Å². The van der Waals surface area contributed by atoms with Crippen molar-refractivity contribution in [2.24, 2.45) is 11.8 Å². The minimum Gasteiger partial charge on any atom is -0.497 e. The summed E-state index contributed by atoms with van der Waals surface area (Å²) in [7, 11) is -2.25. The van der Waals surface area contributed by atoms with Crippen LogP contribution in [0.3, 0.4) is 0 Å². The fraction of sp³-hybridized carbons (Fsp3) is 0.486. The zero-order chi connectivity index (χ0) is 36.4. The van der Waals surface area contributed by atoms with E-state index in [1.54, 1.807) is 11.0 Å². The number of nitrogens with one attached hydrogen (secondary N) is 1. The van der Waals surface area contributed by atoms with Gasteiger partial charge < -0.3 is 24.4 Å². The van der Waals surface area contributed by atoms with E-state index in [2.05, 4.69) is 10.3 Å². The van der Waals surface area contributed by atoms with Gasteiger partial charge in [-0.25, -0.2) is 31.3 Å². The average Bonchev–Trinajstić information content (AvgIpc) is 3.54. The number of hydrogen-bond donors (Lipinski definition) is 1. The smallest absolute Gasteiger partial charge is 0.407 e. The SMILES string of the molecule is COc1ccc(CN(c2cccc(F)n2)S(=O)(=O)c2c(F)cc(N3CCC(C4CCC(NC(=O)OC(C)(C)C)CC4)C3)c(Cl)c2F)c(OC)c1. The molecule has 1 aromatic heterocycles. The van der Waals surface area contributed by atoms with Gasteiger partial charge in [0.15, 0.2) is 10.7 Å². The Morgan fingerprint density at radius 1 is 1.02 bits per heavy atom. The zero-order valence-electron chi connectivity index (χ0n) is 28.6. The van der Waals surface area contributed by atoms with E-state index in [1.807, 2.05) is 20.8 Å². The monoisotopic (exact) mass is 738 g/mol. The number of carbonyl (C=O) groups is 1. The molecule has 3 aromatic rings. The number of amides is 1. The first-order chi connectivity index (χ1) is 23.6. The van der Waals surface area contributed by atoms with E-state index in [1.165, 1.54) is 38.5 Å². The molecule has 1 amide bonds. The Morgan fingerprint density at radius 2 is 1.74 bits per heavy atom. The van der Waals surface area contributed by atoms with Gasteiger partial charge in [-0.05, 0) is 89.0 Å². The maximum absolute atomic E-state index is 16.1. The fourth-order valence-corrected chi connectivity index (χ4v) is 8.54. The van der Waals surface area contributed by atoms with E-state index in [0.29, 0.717) is 34.6 Å². The minimum absolute atomic E-state index is 0.0127. The van der Waals surface area contributed by atoms with Gasteiger partial charge in [0, 0.05) is 36.8 Å². The van der Waals surface area contributed by atoms with Gasteiger partial charge in [-0.15, -0.1) is 0 Å². The fourth-order valence-electron chi connectivity index (χ4n) is 6.71. The van der Waals surface area contributed by atoms with Gasteiger partial charge in [-0.2, -0.15) is 4.39 Å². The van der Waals surface area contributed by atoms with Crippen LogP contribution >= 0.6 is 11.6 Å². The number of halogens is 4. The number of sulfonamides is 1. The highest BCUT2D eigenvalue weighted by Crippen LogP contribution is 2.42. The van der Waals surface area contributed by atoms with Crippen molar-refractivity contribution in [3.63, 3.8) is 0 Å². The second-order valence-corrected chi connectivity index (χ2v) is 15.8. The van der Waals surface area contributed by atoms with Crippen molar-refractivity contribution in [2.75, 3.05) is 36.5 Å². The van der Waals surface area contributed by atoms with E-state index >= 15 is 8.78 Å². The first-order valence-corrected chi connectivity index (χ1v) is 18.2. The number of nitrogens with zero attached hydrogens (tertiary/aromatic N) is 3. The van der Waals surface area contributed by atoms with Gasteiger partial charge in [-0.1, -0.05) is 17.7 Å². The van der Waals surface area contributed by atoms with Crippen molar-refractivity contribution in [3.05, 3.63) is 70.6 Å². The second-order valence-electron chi connectivity index (χ2n) is 13.6. The number of anilines is 2. The Bertz CT molecular complexity index is 1820. The van der Waals surface area contributed by atoms with Gasteiger partial charge in [0.1, 0.15) is 33.8 Å². The van der Waals surface area contributed by atoms with Crippen LogP contribution in [0.15, 0.2) is 47.4 Å². The maximum Gasteiger partial charge on any atom is 0.407 e. The molecular weight excluding hydrogens is 697 g/mol. The summed E-state index contributed by atoms with van der Waals surface area (Å²) in [5.74, 6) is -2.98. The number of hydrogen-bond acceptors (Lipinski definition) is 8. The van der Waals surface area contributed by atoms with E-state index < -0.39 is 61.6 Å². The van der Waals surface area contributed by atoms with Crippen LogP contribution in [0.2, 0.25) is 5.02 Å². The van der Waals surface area contributed by atoms with Gasteiger partial charge in [-0.3, -0.25) is 0 Å². The Hall–Kier alpha value is -3.91. The third kappa shape index (κ3) is 8.34. The molecule has 2 heterocycles. The Balaban J connectivity index is 1.36. The lowest BCUT2D eigenvalue weighted by Crippen LogP contribution is -2.41. The molecule has 1 aliphatic carbocycles. The number of benzene rings is 2. The number of carbonyl (C=O) groups excluding carboxylic acids is 1. The average molecular weight is 739 g/mol. The van der Waals surface area contributed by atoms with Crippen LogP contribution in [0.1, 0.15) is 58.4 Å². The lowest BCUT2D eigenvalue weighted by Gasteiger charge is -2.33. The number of aromatic nitrogens is 1. The lowest BCUT2D eigenvalue weighted by atomic mass is 9.78. The standard InChI is InChI=1S/C35H42ClF3N4O6S/c1-35(2,3)49-34(44)40-24-12-9-21(10-13-24)22-15-16-42(19-22)27-18-26(37)33(32(39)31(27)36)50(45,46)43(30-8-6-7-29(38)41-30)20-23-11-14-25(47-4)17-28(23)48-5/h6-8,11,14,17-18,21-22,24H,9-10,12-13,15-16,19-20H2,1-5H3,(H,40,44). The highest BCUT2D eigenvalue weighted by atomic mass is 35.5. The maximum atomic E-state index is 16.1. The molecule has 272 valence electrons. The summed E-state index contributed by atoms with van der Waals surface area (Å²) < 4.78 is 91.2. The summed E-state index contributed by atoms with van der Waals surface area (Å²) in [6, 6.07) is 9.02. The summed E-state index contributed by atoms with van der Waals surface area (Å²) in [5.41, 5.74) is -0.236. The topological polar surface area (TPSA) is 110 Å². The Labute approximate surface area is 295 Å². The van der Waals surface area contributed by atoms with Crippen LogP contribution in [-0.2, 0) is 21.3 Å². The molecule has 1 unspecified atom stereocenters. The Kier molecular flexibility index (Phi) is 11.3. The van der Waals surface area contributed by atoms with Crippen LogP contribution in [0, 0.1) is 29.4 Å². The van der Waals surface area contributed by atoms with Crippen molar-refractivity contribution in [2.45, 2.75) is 76.0 Å². The zero-order valence-corrected chi connectivity index (χ0v) is 30.2. The molecule has 50 heavy (non-hydrogen) atoms. The van der Waals surface area contributed by atoms with Crippen molar-refractivity contribution in [3.8, 4) is 11.5 Å². The van der Waals surface area contributed by atoms with Crippen LogP contribution in [0.25, 0.3) is 0 Å². The highest BCUT2D eigenvalue weighted by Gasteiger charge is 2.38. The Morgan fingerprint density at radius 3 is 2.38 bits per heavy atom. The third-order valence-electron chi connectivity index (χ3n) is 9.13. The molecule has 0 spiro atoms. The highest BCUT2D eigenvalue weighted by molar-refractivity contribution is 7.92. The van der Waals surface area contributed by atoms with Gasteiger partial charge in [0.05, 0.1) is 26.5 Å². The summed E-state index contributed by atoms with van der Waals surface area (Å²) >= 11 is 6.49. The van der Waals surface area contributed by atoms with E-state index in [9.17, 15) is 17.6 Å². The molecule has 2 fully saturated rings. The molecule has 5 rings (SSSR count). The number of alkyl carbamates (subject to hydrolysis) is 1. The minimum atomic E-state index is -5.06. The van der Waals surface area contributed by atoms with Crippen molar-refractivity contribution in [1.82, 2.24) is 10.3 Å². The number of methoxy groups -OCH3 is 2. The van der Waals surface area contributed by atoms with Crippen LogP contribution in [0.5, 0.6) is 11.5 Å². The normalized spacial score (nSPS) is 19.6. The molecule has 2 aromatic carbocycles. The number of rotatable bonds is 10. The first kappa shape index (κ1) is 37.3. The molecule has 1 N–H and O–H groups in total. The van der Waals surface area contributed by atoms with Crippen molar-refractivity contribution in [1.29, 1.82) is 0 Å². The van der Waals surface area contributed by atoms with E-state index in [-0.39, 0.29) is 23.4 Å². The molecule has 1 atom stereocenters. The van der Waals surface area contributed by atoms with Gasteiger partial charge in [0.25, 0.3) is 10.0 Å². The number of pyridine rings is 1. The molecule has 2 aliphatic rings. The lowest BCUT2D eigenvalue weighted by molar-refractivity contribution is 0.0483. The van der Waals surface area contributed by atoms with Crippen LogP contribution in [-0.4, -0.2) is 58.4 Å². The molecular formula is C35H42ClF3N4O6S. The first-order valence-electron chi connectivity index (χ1n) is 16.4. The summed E-state index contributed by atoms with van der Waals surface area (Å²) in [4.78, 5) is 16.4. The van der Waals surface area contributed by atoms with Crippen molar-refractivity contribution >= 4 is 39.2 Å². The number of ether oxygens (including phenoxy) is 3. The van der Waals surface area contributed by atoms with Crippen molar-refractivity contribution < 1.29 is 40.6 Å². The van der Waals surface area contributed by atoms with Crippen LogP contribution in [0.4, 0.5) is 29.5 Å². The third-order valence-corrected chi connectivity index (χ3v) is 11.3. The molecule has 10 nitrogen and oxygen atoms in total. The molecule has 0 radical (unpaired) electrons. The summed E-state index contributed by atoms with van der Waals surface area (Å²) in [6.45, 7) is 5.89. The molecule has 1 saturated heterocycles. The van der Waals surface area contributed by atoms with Gasteiger partial charge >= 0.3 is 6.09 Å². The largest absolute Gasteiger partial charge is 0.497 e. The second kappa shape index (κ2) is 15.1. The van der Waals surface area contributed by atoms with Crippen LogP contribution < -0.4 is 24.0 Å². The molecule has 1 saturated carbocycles. The van der Waals surface area contributed by atoms with E-state index in [0.717, 1.165) is 44.2 Å². The molecule has 15 heteroatoms. The summed E-state index contributed by atoms with van der Waals surface area (Å²) in [6.07, 6.45) is 3.64. The quantitative estimate of drug-likeness (QED) is 0.169. The predicted octanol–water partition coefficient (Wildman–Crippen LogP) is 7.47. The predicted molar refractivity (Wildman–Crippen MR) is 184 cm³/mol. The van der Waals surface area contributed by atoms with Gasteiger partial charge in [0.2, 0.25) is 5.95 Å². The molecule has 0 bridgehead atoms. The summed E-state index contributed by atoms with van der Waals surface area (Å²) in [5, 5.41) is 2.41.